The number of anilines is 1. The fraction of sp³-hybridized carbons (Fsp3) is 0.300. The van der Waals surface area contributed by atoms with Gasteiger partial charge in [0, 0.05) is 11.1 Å². The Balaban J connectivity index is 2.15. The SMILES string of the molecule is Cc1cc(C)c(NC(=O)c2nn(C(C)C)c(=O)c3ccccc23)c(C)n1. The minimum absolute atomic E-state index is 0.150. The number of carbonyl (C=O) groups excluding carboxylic acids is 1. The molecule has 0 saturated carbocycles. The van der Waals surface area contributed by atoms with Gasteiger partial charge in [-0.05, 0) is 52.3 Å². The standard InChI is InChI=1S/C20H22N4O2/c1-11(2)24-20(26)16-9-7-6-8-15(16)18(23-24)19(25)22-17-12(3)10-13(4)21-14(17)5/h6-11H,1-5H3,(H,22,25). The molecule has 0 aliphatic carbocycles. The fourth-order valence-electron chi connectivity index (χ4n) is 3.11. The highest BCUT2D eigenvalue weighted by atomic mass is 16.2. The van der Waals surface area contributed by atoms with Crippen LogP contribution in [0.4, 0.5) is 5.69 Å². The first kappa shape index (κ1) is 17.8. The molecule has 0 unspecified atom stereocenters. The minimum Gasteiger partial charge on any atom is -0.319 e. The lowest BCUT2D eigenvalue weighted by molar-refractivity contribution is 0.102. The van der Waals surface area contributed by atoms with Crippen LogP contribution in [0.25, 0.3) is 10.8 Å². The second kappa shape index (κ2) is 6.71. The van der Waals surface area contributed by atoms with E-state index in [1.54, 1.807) is 24.3 Å². The number of nitrogens with zero attached hydrogens (tertiary/aromatic N) is 3. The lowest BCUT2D eigenvalue weighted by Gasteiger charge is -2.15. The van der Waals surface area contributed by atoms with E-state index < -0.39 is 0 Å². The zero-order chi connectivity index (χ0) is 19.0. The van der Waals surface area contributed by atoms with Crippen molar-refractivity contribution in [3.05, 3.63) is 63.3 Å². The summed E-state index contributed by atoms with van der Waals surface area (Å²) in [4.78, 5) is 30.0. The Bertz CT molecular complexity index is 1040. The first-order valence-electron chi connectivity index (χ1n) is 8.57. The van der Waals surface area contributed by atoms with Crippen LogP contribution in [0, 0.1) is 20.8 Å². The zero-order valence-electron chi connectivity index (χ0n) is 15.6. The molecule has 0 fully saturated rings. The van der Waals surface area contributed by atoms with Crippen molar-refractivity contribution in [2.24, 2.45) is 0 Å². The van der Waals surface area contributed by atoms with Gasteiger partial charge in [-0.25, -0.2) is 4.68 Å². The van der Waals surface area contributed by atoms with Crippen LogP contribution < -0.4 is 10.9 Å². The molecule has 2 heterocycles. The number of hydrogen-bond acceptors (Lipinski definition) is 4. The molecule has 2 aromatic heterocycles. The lowest BCUT2D eigenvalue weighted by atomic mass is 10.1. The van der Waals surface area contributed by atoms with Crippen LogP contribution in [-0.4, -0.2) is 20.7 Å². The summed E-state index contributed by atoms with van der Waals surface area (Å²) in [6, 6.07) is 8.82. The molecule has 3 rings (SSSR count). The Labute approximate surface area is 151 Å². The van der Waals surface area contributed by atoms with Crippen LogP contribution in [0.3, 0.4) is 0 Å². The van der Waals surface area contributed by atoms with E-state index in [-0.39, 0.29) is 23.2 Å². The Kier molecular flexibility index (Phi) is 4.59. The third-order valence-corrected chi connectivity index (χ3v) is 4.30. The second-order valence-corrected chi connectivity index (χ2v) is 6.73. The van der Waals surface area contributed by atoms with Crippen LogP contribution >= 0.6 is 0 Å². The molecule has 1 aromatic carbocycles. The molecular formula is C20H22N4O2. The molecule has 0 radical (unpaired) electrons. The van der Waals surface area contributed by atoms with Crippen LogP contribution in [0.15, 0.2) is 35.1 Å². The summed E-state index contributed by atoms with van der Waals surface area (Å²) in [5, 5.41) is 8.29. The molecule has 0 saturated heterocycles. The Hall–Kier alpha value is -3.02. The molecule has 1 N–H and O–H groups in total. The number of aromatic nitrogens is 3. The molecule has 26 heavy (non-hydrogen) atoms. The average Bonchev–Trinajstić information content (AvgIpc) is 2.58. The van der Waals surface area contributed by atoms with Gasteiger partial charge in [-0.2, -0.15) is 5.10 Å². The van der Waals surface area contributed by atoms with Crippen molar-refractivity contribution < 1.29 is 4.79 Å². The van der Waals surface area contributed by atoms with Gasteiger partial charge in [0.05, 0.1) is 22.8 Å². The zero-order valence-corrected chi connectivity index (χ0v) is 15.6. The van der Waals surface area contributed by atoms with Crippen molar-refractivity contribution in [1.82, 2.24) is 14.8 Å². The Morgan fingerprint density at radius 3 is 2.38 bits per heavy atom. The fourth-order valence-corrected chi connectivity index (χ4v) is 3.11. The summed E-state index contributed by atoms with van der Waals surface area (Å²) in [5.41, 5.74) is 3.29. The van der Waals surface area contributed by atoms with Crippen molar-refractivity contribution in [3.8, 4) is 0 Å². The summed E-state index contributed by atoms with van der Waals surface area (Å²) in [6.07, 6.45) is 0. The van der Waals surface area contributed by atoms with Crippen molar-refractivity contribution in [2.75, 3.05) is 5.32 Å². The van der Waals surface area contributed by atoms with Crippen LogP contribution in [0.2, 0.25) is 0 Å². The molecule has 6 nitrogen and oxygen atoms in total. The number of rotatable bonds is 3. The number of hydrogen-bond donors (Lipinski definition) is 1. The second-order valence-electron chi connectivity index (χ2n) is 6.73. The van der Waals surface area contributed by atoms with Gasteiger partial charge in [-0.3, -0.25) is 14.6 Å². The maximum absolute atomic E-state index is 13.0. The molecule has 134 valence electrons. The highest BCUT2D eigenvalue weighted by molar-refractivity contribution is 6.11. The van der Waals surface area contributed by atoms with Gasteiger partial charge >= 0.3 is 0 Å². The van der Waals surface area contributed by atoms with Crippen LogP contribution in [0.5, 0.6) is 0 Å². The van der Waals surface area contributed by atoms with E-state index >= 15 is 0 Å². The summed E-state index contributed by atoms with van der Waals surface area (Å²) >= 11 is 0. The molecule has 0 spiro atoms. The maximum Gasteiger partial charge on any atom is 0.276 e. The quantitative estimate of drug-likeness (QED) is 0.784. The number of aryl methyl sites for hydroxylation is 3. The van der Waals surface area contributed by atoms with Gasteiger partial charge in [0.15, 0.2) is 5.69 Å². The third-order valence-electron chi connectivity index (χ3n) is 4.30. The monoisotopic (exact) mass is 350 g/mol. The summed E-state index contributed by atoms with van der Waals surface area (Å²) in [5.74, 6) is -0.354. The predicted molar refractivity (Wildman–Crippen MR) is 103 cm³/mol. The smallest absolute Gasteiger partial charge is 0.276 e. The van der Waals surface area contributed by atoms with Crippen molar-refractivity contribution in [1.29, 1.82) is 0 Å². The van der Waals surface area contributed by atoms with Crippen molar-refractivity contribution >= 4 is 22.4 Å². The van der Waals surface area contributed by atoms with Gasteiger partial charge in [-0.1, -0.05) is 18.2 Å². The normalized spacial score (nSPS) is 11.2. The minimum atomic E-state index is -0.354. The number of amides is 1. The van der Waals surface area contributed by atoms with E-state index in [1.807, 2.05) is 40.7 Å². The molecular weight excluding hydrogens is 328 g/mol. The molecule has 0 atom stereocenters. The molecule has 3 aromatic rings. The predicted octanol–water partition coefficient (Wildman–Crippen LogP) is 3.55. The summed E-state index contributed by atoms with van der Waals surface area (Å²) < 4.78 is 1.35. The number of benzene rings is 1. The molecule has 0 aliphatic heterocycles. The van der Waals surface area contributed by atoms with Gasteiger partial charge < -0.3 is 5.32 Å². The highest BCUT2D eigenvalue weighted by Gasteiger charge is 2.19. The van der Waals surface area contributed by atoms with Crippen LogP contribution in [0.1, 0.15) is 47.3 Å². The number of carbonyl (C=O) groups is 1. The van der Waals surface area contributed by atoms with E-state index in [4.69, 9.17) is 0 Å². The lowest BCUT2D eigenvalue weighted by Crippen LogP contribution is -2.29. The third kappa shape index (κ3) is 3.10. The number of nitrogens with one attached hydrogen (secondary N) is 1. The summed E-state index contributed by atoms with van der Waals surface area (Å²) in [7, 11) is 0. The molecule has 0 bridgehead atoms. The van der Waals surface area contributed by atoms with Crippen molar-refractivity contribution in [3.63, 3.8) is 0 Å². The maximum atomic E-state index is 13.0. The highest BCUT2D eigenvalue weighted by Crippen LogP contribution is 2.21. The molecule has 6 heteroatoms. The van der Waals surface area contributed by atoms with E-state index in [0.717, 1.165) is 17.0 Å². The topological polar surface area (TPSA) is 76.9 Å². The largest absolute Gasteiger partial charge is 0.319 e. The van der Waals surface area contributed by atoms with E-state index in [2.05, 4.69) is 15.4 Å². The van der Waals surface area contributed by atoms with Gasteiger partial charge in [0.2, 0.25) is 0 Å². The Morgan fingerprint density at radius 2 is 1.77 bits per heavy atom. The number of fused-ring (bicyclic) bond motifs is 1. The first-order valence-corrected chi connectivity index (χ1v) is 8.57. The van der Waals surface area contributed by atoms with E-state index in [1.165, 1.54) is 4.68 Å². The first-order chi connectivity index (χ1) is 12.3. The van der Waals surface area contributed by atoms with Crippen molar-refractivity contribution in [2.45, 2.75) is 40.7 Å². The van der Waals surface area contributed by atoms with Crippen LogP contribution in [-0.2, 0) is 0 Å². The van der Waals surface area contributed by atoms with E-state index in [0.29, 0.717) is 16.5 Å². The number of pyridine rings is 1. The van der Waals surface area contributed by atoms with Gasteiger partial charge in [0.1, 0.15) is 0 Å². The van der Waals surface area contributed by atoms with Gasteiger partial charge in [0.25, 0.3) is 11.5 Å². The summed E-state index contributed by atoms with van der Waals surface area (Å²) in [6.45, 7) is 9.43. The average molecular weight is 350 g/mol. The van der Waals surface area contributed by atoms with E-state index in [9.17, 15) is 9.59 Å². The molecule has 0 aliphatic rings. The Morgan fingerprint density at radius 1 is 1.12 bits per heavy atom. The van der Waals surface area contributed by atoms with Gasteiger partial charge in [-0.15, -0.1) is 0 Å². The molecule has 1 amide bonds.